The van der Waals surface area contributed by atoms with Crippen LogP contribution < -0.4 is 20.1 Å². The number of hydrogen-bond acceptors (Lipinski definition) is 6. The van der Waals surface area contributed by atoms with Gasteiger partial charge in [0.25, 0.3) is 0 Å². The Bertz CT molecular complexity index is 894. The monoisotopic (exact) mass is 446 g/mol. The second kappa shape index (κ2) is 11.0. The smallest absolute Gasteiger partial charge is 0.238 e. The maximum atomic E-state index is 12.4. The van der Waals surface area contributed by atoms with E-state index in [0.29, 0.717) is 54.1 Å². The lowest BCUT2D eigenvalue weighted by Crippen LogP contribution is -2.50. The summed E-state index contributed by atoms with van der Waals surface area (Å²) in [5, 5.41) is 6.23. The largest absolute Gasteiger partial charge is 0.497 e. The summed E-state index contributed by atoms with van der Waals surface area (Å²) in [6.07, 6.45) is 0. The molecule has 0 saturated carbocycles. The van der Waals surface area contributed by atoms with Crippen LogP contribution in [-0.4, -0.2) is 75.1 Å². The van der Waals surface area contributed by atoms with E-state index in [1.807, 2.05) is 12.1 Å². The van der Waals surface area contributed by atoms with Gasteiger partial charge in [0.05, 0.1) is 38.0 Å². The van der Waals surface area contributed by atoms with E-state index >= 15 is 0 Å². The predicted molar refractivity (Wildman–Crippen MR) is 121 cm³/mol. The topological polar surface area (TPSA) is 83.1 Å². The average molecular weight is 447 g/mol. The molecule has 0 radical (unpaired) electrons. The fourth-order valence-electron chi connectivity index (χ4n) is 3.34. The van der Waals surface area contributed by atoms with Crippen molar-refractivity contribution in [1.82, 2.24) is 9.80 Å². The summed E-state index contributed by atoms with van der Waals surface area (Å²) < 4.78 is 10.5. The second-order valence-electron chi connectivity index (χ2n) is 7.23. The van der Waals surface area contributed by atoms with Gasteiger partial charge in [-0.1, -0.05) is 23.7 Å². The van der Waals surface area contributed by atoms with Gasteiger partial charge in [-0.25, -0.2) is 0 Å². The van der Waals surface area contributed by atoms with E-state index in [4.69, 9.17) is 21.1 Å². The summed E-state index contributed by atoms with van der Waals surface area (Å²) in [6, 6.07) is 12.4. The van der Waals surface area contributed by atoms with Gasteiger partial charge in [0, 0.05) is 50.1 Å². The Morgan fingerprint density at radius 3 is 1.90 bits per heavy atom. The number of ether oxygens (including phenoxy) is 2. The number of halogens is 1. The van der Waals surface area contributed by atoms with E-state index in [9.17, 15) is 9.59 Å². The van der Waals surface area contributed by atoms with Crippen molar-refractivity contribution >= 4 is 34.8 Å². The minimum absolute atomic E-state index is 0.105. The number of hydrogen-bond donors (Lipinski definition) is 2. The highest BCUT2D eigenvalue weighted by Crippen LogP contribution is 2.25. The summed E-state index contributed by atoms with van der Waals surface area (Å²) in [4.78, 5) is 28.9. The van der Waals surface area contributed by atoms with E-state index in [1.165, 1.54) is 0 Å². The molecular weight excluding hydrogens is 420 g/mol. The van der Waals surface area contributed by atoms with Crippen LogP contribution in [0.15, 0.2) is 42.5 Å². The van der Waals surface area contributed by atoms with Crippen molar-refractivity contribution in [3.63, 3.8) is 0 Å². The third-order valence-electron chi connectivity index (χ3n) is 4.98. The van der Waals surface area contributed by atoms with Crippen molar-refractivity contribution in [3.8, 4) is 11.5 Å². The molecule has 1 fully saturated rings. The Morgan fingerprint density at radius 2 is 1.39 bits per heavy atom. The molecule has 1 saturated heterocycles. The van der Waals surface area contributed by atoms with E-state index in [1.54, 1.807) is 44.6 Å². The van der Waals surface area contributed by atoms with Gasteiger partial charge in [-0.05, 0) is 12.1 Å². The lowest BCUT2D eigenvalue weighted by atomic mass is 10.2. The first-order valence-electron chi connectivity index (χ1n) is 9.99. The molecule has 0 unspecified atom stereocenters. The number of amides is 2. The quantitative estimate of drug-likeness (QED) is 0.648. The fourth-order valence-corrected chi connectivity index (χ4v) is 3.53. The van der Waals surface area contributed by atoms with Crippen LogP contribution in [0.5, 0.6) is 11.5 Å². The van der Waals surface area contributed by atoms with Crippen LogP contribution in [0.3, 0.4) is 0 Å². The molecule has 9 heteroatoms. The van der Waals surface area contributed by atoms with Crippen LogP contribution in [0, 0.1) is 0 Å². The van der Waals surface area contributed by atoms with E-state index in [0.717, 1.165) is 0 Å². The molecule has 2 N–H and O–H groups in total. The first-order valence-corrected chi connectivity index (χ1v) is 10.4. The third kappa shape index (κ3) is 6.85. The molecule has 1 heterocycles. The van der Waals surface area contributed by atoms with Crippen LogP contribution in [0.1, 0.15) is 0 Å². The average Bonchev–Trinajstić information content (AvgIpc) is 2.76. The first-order chi connectivity index (χ1) is 15.0. The Labute approximate surface area is 187 Å². The Kier molecular flexibility index (Phi) is 8.11. The normalized spacial score (nSPS) is 14.7. The number of methoxy groups -OCH3 is 2. The number of rotatable bonds is 8. The lowest BCUT2D eigenvalue weighted by Gasteiger charge is -2.33. The van der Waals surface area contributed by atoms with Crippen molar-refractivity contribution in [2.24, 2.45) is 0 Å². The summed E-state index contributed by atoms with van der Waals surface area (Å²) in [5.74, 6) is 1.00. The molecule has 1 aliphatic rings. The van der Waals surface area contributed by atoms with Crippen molar-refractivity contribution in [2.45, 2.75) is 0 Å². The number of nitrogens with zero attached hydrogens (tertiary/aromatic N) is 2. The zero-order valence-electron chi connectivity index (χ0n) is 17.7. The molecular formula is C22H27ClN4O4. The molecule has 8 nitrogen and oxygen atoms in total. The van der Waals surface area contributed by atoms with Gasteiger partial charge >= 0.3 is 0 Å². The zero-order chi connectivity index (χ0) is 22.2. The summed E-state index contributed by atoms with van der Waals surface area (Å²) in [7, 11) is 3.13. The number of para-hydroxylation sites is 1. The van der Waals surface area contributed by atoms with Gasteiger partial charge in [-0.2, -0.15) is 0 Å². The summed E-state index contributed by atoms with van der Waals surface area (Å²) in [6.45, 7) is 3.38. The maximum Gasteiger partial charge on any atom is 0.238 e. The molecule has 2 aromatic carbocycles. The van der Waals surface area contributed by atoms with E-state index < -0.39 is 0 Å². The minimum atomic E-state index is -0.111. The van der Waals surface area contributed by atoms with Gasteiger partial charge in [0.15, 0.2) is 0 Å². The number of carbonyl (C=O) groups excluding carboxylic acids is 2. The molecule has 0 atom stereocenters. The van der Waals surface area contributed by atoms with Crippen LogP contribution in [-0.2, 0) is 9.59 Å². The van der Waals surface area contributed by atoms with Crippen LogP contribution in [0.4, 0.5) is 11.4 Å². The molecule has 0 spiro atoms. The predicted octanol–water partition coefficient (Wildman–Crippen LogP) is 2.55. The highest BCUT2D eigenvalue weighted by atomic mass is 35.5. The molecule has 0 bridgehead atoms. The molecule has 3 rings (SSSR count). The molecule has 31 heavy (non-hydrogen) atoms. The Morgan fingerprint density at radius 1 is 0.871 bits per heavy atom. The molecule has 0 aliphatic carbocycles. The summed E-state index contributed by atoms with van der Waals surface area (Å²) in [5.41, 5.74) is 1.23. The number of anilines is 2. The second-order valence-corrected chi connectivity index (χ2v) is 7.64. The first kappa shape index (κ1) is 22.9. The number of nitrogens with one attached hydrogen (secondary N) is 2. The molecule has 166 valence electrons. The Hall–Kier alpha value is -2.81. The molecule has 2 aromatic rings. The highest BCUT2D eigenvalue weighted by Gasteiger charge is 2.21. The Balaban J connectivity index is 1.43. The molecule has 0 aromatic heterocycles. The van der Waals surface area contributed by atoms with Crippen LogP contribution in [0.25, 0.3) is 0 Å². The van der Waals surface area contributed by atoms with Gasteiger partial charge in [0.2, 0.25) is 11.8 Å². The summed E-state index contributed by atoms with van der Waals surface area (Å²) >= 11 is 6.08. The van der Waals surface area contributed by atoms with Gasteiger partial charge in [-0.15, -0.1) is 0 Å². The van der Waals surface area contributed by atoms with Crippen molar-refractivity contribution in [1.29, 1.82) is 0 Å². The van der Waals surface area contributed by atoms with Crippen molar-refractivity contribution in [3.05, 3.63) is 47.5 Å². The van der Waals surface area contributed by atoms with Crippen LogP contribution >= 0.6 is 11.6 Å². The standard InChI is InChI=1S/C22H27ClN4O4/c1-30-17-11-16(12-18(13-17)31-2)24-21(28)14-26-7-9-27(10-8-26)15-22(29)25-20-6-4-3-5-19(20)23/h3-6,11-13H,7-10,14-15H2,1-2H3,(H,24,28)(H,25,29). The molecule has 1 aliphatic heterocycles. The van der Waals surface area contributed by atoms with Crippen molar-refractivity contribution in [2.75, 3.05) is 64.1 Å². The molecule has 2 amide bonds. The number of carbonyl (C=O) groups is 2. The third-order valence-corrected chi connectivity index (χ3v) is 5.31. The highest BCUT2D eigenvalue weighted by molar-refractivity contribution is 6.33. The number of piperazine rings is 1. The minimum Gasteiger partial charge on any atom is -0.497 e. The van der Waals surface area contributed by atoms with Crippen LogP contribution in [0.2, 0.25) is 5.02 Å². The van der Waals surface area contributed by atoms with Gasteiger partial charge < -0.3 is 20.1 Å². The maximum absolute atomic E-state index is 12.4. The van der Waals surface area contributed by atoms with Gasteiger partial charge in [-0.3, -0.25) is 19.4 Å². The zero-order valence-corrected chi connectivity index (χ0v) is 18.4. The van der Waals surface area contributed by atoms with E-state index in [-0.39, 0.29) is 24.9 Å². The SMILES string of the molecule is COc1cc(NC(=O)CN2CCN(CC(=O)Nc3ccccc3Cl)CC2)cc(OC)c1. The van der Waals surface area contributed by atoms with Crippen molar-refractivity contribution < 1.29 is 19.1 Å². The number of benzene rings is 2. The van der Waals surface area contributed by atoms with E-state index in [2.05, 4.69) is 20.4 Å². The fraction of sp³-hybridized carbons (Fsp3) is 0.364. The lowest BCUT2D eigenvalue weighted by molar-refractivity contribution is -0.120. The van der Waals surface area contributed by atoms with Gasteiger partial charge in [0.1, 0.15) is 11.5 Å².